The lowest BCUT2D eigenvalue weighted by molar-refractivity contribution is -0.132. The van der Waals surface area contributed by atoms with Crippen LogP contribution in [0.2, 0.25) is 0 Å². The number of likely N-dealkylation sites (tertiary alicyclic amines) is 1. The average Bonchev–Trinajstić information content (AvgIpc) is 3.36. The van der Waals surface area contributed by atoms with E-state index in [9.17, 15) is 4.79 Å². The first-order valence-corrected chi connectivity index (χ1v) is 10.4. The molecule has 1 atom stereocenters. The molecular formula is C20H20N6OS. The van der Waals surface area contributed by atoms with E-state index in [0.29, 0.717) is 25.0 Å². The normalized spacial score (nSPS) is 17.4. The summed E-state index contributed by atoms with van der Waals surface area (Å²) in [6.45, 7) is 1.51. The van der Waals surface area contributed by atoms with Gasteiger partial charge in [0.05, 0.1) is 20.9 Å². The summed E-state index contributed by atoms with van der Waals surface area (Å²) in [5.74, 6) is 0.417. The van der Waals surface area contributed by atoms with Crippen molar-refractivity contribution in [3.63, 3.8) is 0 Å². The molecule has 1 fully saturated rings. The lowest BCUT2D eigenvalue weighted by atomic mass is 9.94. The molecule has 1 aliphatic heterocycles. The molecule has 0 spiro atoms. The lowest BCUT2D eigenvalue weighted by Crippen LogP contribution is -2.39. The van der Waals surface area contributed by atoms with Gasteiger partial charge in [0.2, 0.25) is 5.91 Å². The highest BCUT2D eigenvalue weighted by atomic mass is 32.1. The van der Waals surface area contributed by atoms with Gasteiger partial charge in [0.1, 0.15) is 5.52 Å². The van der Waals surface area contributed by atoms with E-state index in [4.69, 9.17) is 0 Å². The number of hydrogen-bond donors (Lipinski definition) is 1. The number of benzene rings is 1. The molecule has 0 radical (unpaired) electrons. The molecule has 4 heterocycles. The van der Waals surface area contributed by atoms with Gasteiger partial charge in [0.25, 0.3) is 0 Å². The van der Waals surface area contributed by atoms with Crippen molar-refractivity contribution < 1.29 is 4.79 Å². The monoisotopic (exact) mass is 392 g/mol. The van der Waals surface area contributed by atoms with Crippen molar-refractivity contribution in [3.8, 4) is 0 Å². The zero-order valence-corrected chi connectivity index (χ0v) is 16.2. The van der Waals surface area contributed by atoms with Gasteiger partial charge in [0, 0.05) is 44.2 Å². The number of para-hydroxylation sites is 1. The Labute approximate surface area is 165 Å². The topological polar surface area (TPSA) is 87.7 Å². The Morgan fingerprint density at radius 1 is 1.25 bits per heavy atom. The summed E-state index contributed by atoms with van der Waals surface area (Å²) in [5, 5.41) is 8.37. The van der Waals surface area contributed by atoms with E-state index in [1.54, 1.807) is 23.7 Å². The Morgan fingerprint density at radius 3 is 3.07 bits per heavy atom. The van der Waals surface area contributed by atoms with Gasteiger partial charge in [-0.15, -0.1) is 11.3 Å². The first-order valence-electron chi connectivity index (χ1n) is 9.55. The minimum Gasteiger partial charge on any atom is -0.342 e. The number of aryl methyl sites for hydroxylation is 1. The number of nitrogens with one attached hydrogen (secondary N) is 1. The van der Waals surface area contributed by atoms with Crippen molar-refractivity contribution in [2.75, 3.05) is 13.1 Å². The minimum absolute atomic E-state index is 0.193. The van der Waals surface area contributed by atoms with Crippen molar-refractivity contribution in [1.82, 2.24) is 30.0 Å². The number of aromatic nitrogens is 5. The van der Waals surface area contributed by atoms with Crippen molar-refractivity contribution in [3.05, 3.63) is 47.4 Å². The molecular weight excluding hydrogens is 372 g/mol. The van der Waals surface area contributed by atoms with Gasteiger partial charge in [-0.3, -0.25) is 9.89 Å². The Balaban J connectivity index is 1.26. The highest BCUT2D eigenvalue weighted by molar-refractivity contribution is 7.18. The molecule has 7 nitrogen and oxygen atoms in total. The molecule has 1 saturated heterocycles. The summed E-state index contributed by atoms with van der Waals surface area (Å²) in [4.78, 5) is 28.1. The largest absolute Gasteiger partial charge is 0.342 e. The number of nitrogens with zero attached hydrogens (tertiary/aromatic N) is 5. The highest BCUT2D eigenvalue weighted by Crippen LogP contribution is 2.29. The van der Waals surface area contributed by atoms with Crippen LogP contribution < -0.4 is 0 Å². The van der Waals surface area contributed by atoms with Crippen LogP contribution in [0.3, 0.4) is 0 Å². The fourth-order valence-corrected chi connectivity index (χ4v) is 4.86. The summed E-state index contributed by atoms with van der Waals surface area (Å²) in [6, 6.07) is 8.11. The predicted molar refractivity (Wildman–Crippen MR) is 108 cm³/mol. The first-order chi connectivity index (χ1) is 13.8. The molecule has 1 aliphatic rings. The molecule has 0 bridgehead atoms. The summed E-state index contributed by atoms with van der Waals surface area (Å²) in [7, 11) is 0. The summed E-state index contributed by atoms with van der Waals surface area (Å²) in [5.41, 5.74) is 3.46. The van der Waals surface area contributed by atoms with E-state index >= 15 is 0 Å². The molecule has 0 saturated carbocycles. The zero-order valence-electron chi connectivity index (χ0n) is 15.3. The second-order valence-electron chi connectivity index (χ2n) is 7.12. The van der Waals surface area contributed by atoms with E-state index in [-0.39, 0.29) is 11.8 Å². The molecule has 8 heteroatoms. The Morgan fingerprint density at radius 2 is 2.14 bits per heavy atom. The van der Waals surface area contributed by atoms with Crippen LogP contribution in [0.4, 0.5) is 0 Å². The molecule has 28 heavy (non-hydrogen) atoms. The minimum atomic E-state index is 0.193. The Kier molecular flexibility index (Phi) is 4.48. The molecule has 5 rings (SSSR count). The number of H-pyrrole nitrogens is 1. The van der Waals surface area contributed by atoms with Crippen molar-refractivity contribution >= 4 is 38.6 Å². The fourth-order valence-electron chi connectivity index (χ4n) is 3.89. The molecule has 1 N–H and O–H groups in total. The Bertz CT molecular complexity index is 1100. The standard InChI is InChI=1S/C20H20N6OS/c27-17(8-7-16-23-14-5-1-2-6-15(14)28-16)26-11-3-4-13(12-26)18-19-20(25-24-18)22-10-9-21-19/h1-2,5-6,9-10,13H,3-4,7-8,11-12H2,(H,22,24,25)/t13-/m1/s1. The molecule has 142 valence electrons. The molecule has 3 aromatic heterocycles. The van der Waals surface area contributed by atoms with E-state index < -0.39 is 0 Å². The third-order valence-corrected chi connectivity index (χ3v) is 6.39. The van der Waals surface area contributed by atoms with Gasteiger partial charge in [-0.05, 0) is 25.0 Å². The van der Waals surface area contributed by atoms with Crippen LogP contribution >= 0.6 is 11.3 Å². The number of aromatic amines is 1. The third kappa shape index (κ3) is 3.24. The van der Waals surface area contributed by atoms with Gasteiger partial charge in [-0.25, -0.2) is 15.0 Å². The number of carbonyl (C=O) groups excluding carboxylic acids is 1. The fraction of sp³-hybridized carbons (Fsp3) is 0.350. The van der Waals surface area contributed by atoms with E-state index in [0.717, 1.165) is 41.1 Å². The van der Waals surface area contributed by atoms with Crippen LogP contribution in [0.1, 0.15) is 35.9 Å². The predicted octanol–water partition coefficient (Wildman–Crippen LogP) is 3.30. The summed E-state index contributed by atoms with van der Waals surface area (Å²) < 4.78 is 1.18. The third-order valence-electron chi connectivity index (χ3n) is 5.29. The first kappa shape index (κ1) is 17.2. The number of amides is 1. The smallest absolute Gasteiger partial charge is 0.223 e. The van der Waals surface area contributed by atoms with Crippen LogP contribution in [0.5, 0.6) is 0 Å². The number of hydrogen-bond acceptors (Lipinski definition) is 6. The molecule has 1 amide bonds. The van der Waals surface area contributed by atoms with Crippen LogP contribution in [-0.4, -0.2) is 49.0 Å². The zero-order chi connectivity index (χ0) is 18.9. The van der Waals surface area contributed by atoms with Crippen LogP contribution in [0, 0.1) is 0 Å². The van der Waals surface area contributed by atoms with E-state index in [2.05, 4.69) is 31.2 Å². The van der Waals surface area contributed by atoms with Crippen molar-refractivity contribution in [1.29, 1.82) is 0 Å². The summed E-state index contributed by atoms with van der Waals surface area (Å²) in [6.07, 6.45) is 6.53. The van der Waals surface area contributed by atoms with Crippen LogP contribution in [0.25, 0.3) is 21.4 Å². The maximum atomic E-state index is 12.8. The highest BCUT2D eigenvalue weighted by Gasteiger charge is 2.27. The Hall–Kier alpha value is -2.87. The van der Waals surface area contributed by atoms with Gasteiger partial charge >= 0.3 is 0 Å². The maximum Gasteiger partial charge on any atom is 0.223 e. The van der Waals surface area contributed by atoms with Gasteiger partial charge in [0.15, 0.2) is 5.65 Å². The number of thiazole rings is 1. The molecule has 0 unspecified atom stereocenters. The van der Waals surface area contributed by atoms with Crippen LogP contribution in [-0.2, 0) is 11.2 Å². The van der Waals surface area contributed by atoms with Crippen molar-refractivity contribution in [2.24, 2.45) is 0 Å². The lowest BCUT2D eigenvalue weighted by Gasteiger charge is -2.32. The number of fused-ring (bicyclic) bond motifs is 2. The molecule has 0 aliphatic carbocycles. The number of piperidine rings is 1. The van der Waals surface area contributed by atoms with E-state index in [1.807, 2.05) is 23.1 Å². The molecule has 1 aromatic carbocycles. The molecule has 4 aromatic rings. The van der Waals surface area contributed by atoms with Gasteiger partial charge in [-0.2, -0.15) is 5.10 Å². The summed E-state index contributed by atoms with van der Waals surface area (Å²) >= 11 is 1.68. The van der Waals surface area contributed by atoms with Crippen molar-refractivity contribution in [2.45, 2.75) is 31.6 Å². The average molecular weight is 392 g/mol. The van der Waals surface area contributed by atoms with Gasteiger partial charge < -0.3 is 4.90 Å². The van der Waals surface area contributed by atoms with Crippen LogP contribution in [0.15, 0.2) is 36.7 Å². The SMILES string of the molecule is O=C(CCc1nc2ccccc2s1)N1CCC[C@@H](c2[nH]nc3nccnc23)C1. The van der Waals surface area contributed by atoms with Gasteiger partial charge in [-0.1, -0.05) is 12.1 Å². The van der Waals surface area contributed by atoms with E-state index in [1.165, 1.54) is 4.70 Å². The quantitative estimate of drug-likeness (QED) is 0.576. The maximum absolute atomic E-state index is 12.8. The second kappa shape index (κ2) is 7.27. The number of carbonyl (C=O) groups is 1. The second-order valence-corrected chi connectivity index (χ2v) is 8.24. The number of rotatable bonds is 4.